The molecule has 3 heterocycles. The third-order valence-electron chi connectivity index (χ3n) is 3.34. The molecule has 1 N–H and O–H groups in total. The molecule has 19 heavy (non-hydrogen) atoms. The van der Waals surface area contributed by atoms with Crippen LogP contribution < -0.4 is 5.32 Å². The van der Waals surface area contributed by atoms with Crippen molar-refractivity contribution in [3.63, 3.8) is 0 Å². The molecule has 2 aromatic rings. The van der Waals surface area contributed by atoms with E-state index in [1.165, 1.54) is 0 Å². The van der Waals surface area contributed by atoms with Gasteiger partial charge in [-0.15, -0.1) is 23.1 Å². The van der Waals surface area contributed by atoms with E-state index in [1.54, 1.807) is 11.3 Å². The lowest BCUT2D eigenvalue weighted by Crippen LogP contribution is -2.14. The number of thioether (sulfide) groups is 1. The van der Waals surface area contributed by atoms with Crippen molar-refractivity contribution in [1.82, 2.24) is 9.97 Å². The smallest absolute Gasteiger partial charge is 0.142 e. The number of thiophene rings is 1. The van der Waals surface area contributed by atoms with Gasteiger partial charge >= 0.3 is 0 Å². The monoisotopic (exact) mass is 295 g/mol. The molecular weight excluding hydrogens is 278 g/mol. The number of anilines is 1. The molecule has 102 valence electrons. The van der Waals surface area contributed by atoms with Gasteiger partial charge in [-0.05, 0) is 24.8 Å². The number of ether oxygens (including phenoxy) is 1. The van der Waals surface area contributed by atoms with E-state index in [1.807, 2.05) is 18.8 Å². The fourth-order valence-corrected chi connectivity index (χ4v) is 4.15. The molecule has 1 aliphatic rings. The lowest BCUT2D eigenvalue weighted by Gasteiger charge is -2.13. The van der Waals surface area contributed by atoms with Crippen LogP contribution >= 0.6 is 23.1 Å². The first-order valence-electron chi connectivity index (χ1n) is 6.43. The van der Waals surface area contributed by atoms with Crippen LogP contribution in [0.3, 0.4) is 0 Å². The summed E-state index contributed by atoms with van der Waals surface area (Å²) < 4.78 is 5.58. The zero-order valence-electron chi connectivity index (χ0n) is 11.0. The highest BCUT2D eigenvalue weighted by Gasteiger charge is 2.24. The molecule has 6 heteroatoms. The van der Waals surface area contributed by atoms with Gasteiger partial charge in [0.05, 0.1) is 17.2 Å². The Bertz CT molecular complexity index is 572. The van der Waals surface area contributed by atoms with Crippen LogP contribution in [0.4, 0.5) is 5.82 Å². The van der Waals surface area contributed by atoms with Crippen LogP contribution in [0.25, 0.3) is 10.2 Å². The predicted molar refractivity (Wildman–Crippen MR) is 82.1 cm³/mol. The SMILES string of the molecule is CNc1nc(CSC2CCOC2C)nc2sccc12. The highest BCUT2D eigenvalue weighted by molar-refractivity contribution is 7.99. The number of rotatable bonds is 4. The molecule has 2 aromatic heterocycles. The van der Waals surface area contributed by atoms with Gasteiger partial charge in [-0.2, -0.15) is 0 Å². The van der Waals surface area contributed by atoms with Crippen LogP contribution in [0.2, 0.25) is 0 Å². The average molecular weight is 295 g/mol. The number of nitrogens with zero attached hydrogens (tertiary/aromatic N) is 2. The highest BCUT2D eigenvalue weighted by atomic mass is 32.2. The van der Waals surface area contributed by atoms with Gasteiger partial charge in [-0.3, -0.25) is 0 Å². The first kappa shape index (κ1) is 13.1. The fourth-order valence-electron chi connectivity index (χ4n) is 2.27. The summed E-state index contributed by atoms with van der Waals surface area (Å²) >= 11 is 3.57. The Morgan fingerprint density at radius 2 is 2.42 bits per heavy atom. The van der Waals surface area contributed by atoms with Crippen LogP contribution in [-0.2, 0) is 10.5 Å². The van der Waals surface area contributed by atoms with Gasteiger partial charge in [0, 0.05) is 18.9 Å². The predicted octanol–water partition coefficient (Wildman–Crippen LogP) is 3.14. The van der Waals surface area contributed by atoms with Crippen molar-refractivity contribution in [1.29, 1.82) is 0 Å². The van der Waals surface area contributed by atoms with Crippen molar-refractivity contribution in [2.45, 2.75) is 30.5 Å². The van der Waals surface area contributed by atoms with E-state index >= 15 is 0 Å². The van der Waals surface area contributed by atoms with Gasteiger partial charge in [0.2, 0.25) is 0 Å². The van der Waals surface area contributed by atoms with Gasteiger partial charge in [0.15, 0.2) is 0 Å². The van der Waals surface area contributed by atoms with E-state index in [2.05, 4.69) is 33.7 Å². The summed E-state index contributed by atoms with van der Waals surface area (Å²) in [5.41, 5.74) is 0. The average Bonchev–Trinajstić information content (AvgIpc) is 3.04. The van der Waals surface area contributed by atoms with E-state index in [0.717, 1.165) is 40.6 Å². The molecule has 0 aliphatic carbocycles. The van der Waals surface area contributed by atoms with E-state index < -0.39 is 0 Å². The van der Waals surface area contributed by atoms with Crippen LogP contribution in [0.15, 0.2) is 11.4 Å². The molecule has 0 amide bonds. The van der Waals surface area contributed by atoms with Crippen molar-refractivity contribution < 1.29 is 4.74 Å². The Hall–Kier alpha value is -0.850. The number of hydrogen-bond donors (Lipinski definition) is 1. The van der Waals surface area contributed by atoms with Gasteiger partial charge in [-0.1, -0.05) is 0 Å². The highest BCUT2D eigenvalue weighted by Crippen LogP contribution is 2.30. The quantitative estimate of drug-likeness (QED) is 0.939. The largest absolute Gasteiger partial charge is 0.377 e. The Morgan fingerprint density at radius 3 is 3.16 bits per heavy atom. The summed E-state index contributed by atoms with van der Waals surface area (Å²) in [7, 11) is 1.91. The molecule has 0 bridgehead atoms. The Morgan fingerprint density at radius 1 is 1.53 bits per heavy atom. The second-order valence-corrected chi connectivity index (χ2v) is 6.71. The standard InChI is InChI=1S/C13H17N3OS2/c1-8-10(3-5-17-8)19-7-11-15-12(14-2)9-4-6-18-13(9)16-11/h4,6,8,10H,3,5,7H2,1-2H3,(H,14,15,16). The second kappa shape index (κ2) is 5.64. The molecular formula is C13H17N3OS2. The summed E-state index contributed by atoms with van der Waals surface area (Å²) in [6.45, 7) is 3.03. The molecule has 4 nitrogen and oxygen atoms in total. The minimum atomic E-state index is 0.347. The van der Waals surface area contributed by atoms with Crippen molar-refractivity contribution in [3.05, 3.63) is 17.3 Å². The molecule has 1 saturated heterocycles. The van der Waals surface area contributed by atoms with Gasteiger partial charge in [0.25, 0.3) is 0 Å². The third kappa shape index (κ3) is 2.70. The first-order valence-corrected chi connectivity index (χ1v) is 8.36. The molecule has 2 unspecified atom stereocenters. The molecule has 0 saturated carbocycles. The van der Waals surface area contributed by atoms with Gasteiger partial charge in [0.1, 0.15) is 16.5 Å². The number of fused-ring (bicyclic) bond motifs is 1. The molecule has 1 aliphatic heterocycles. The minimum Gasteiger partial charge on any atom is -0.377 e. The topological polar surface area (TPSA) is 47.0 Å². The maximum atomic E-state index is 5.58. The normalized spacial score (nSPS) is 23.1. The first-order chi connectivity index (χ1) is 9.28. The molecule has 2 atom stereocenters. The Labute approximate surface area is 121 Å². The molecule has 3 rings (SSSR count). The Balaban J connectivity index is 1.77. The minimum absolute atomic E-state index is 0.347. The maximum Gasteiger partial charge on any atom is 0.142 e. The van der Waals surface area contributed by atoms with Crippen molar-refractivity contribution in [3.8, 4) is 0 Å². The van der Waals surface area contributed by atoms with Crippen molar-refractivity contribution in [2.24, 2.45) is 0 Å². The lowest BCUT2D eigenvalue weighted by atomic mass is 10.3. The van der Waals surface area contributed by atoms with Gasteiger partial charge in [-0.25, -0.2) is 9.97 Å². The van der Waals surface area contributed by atoms with Gasteiger partial charge < -0.3 is 10.1 Å². The maximum absolute atomic E-state index is 5.58. The summed E-state index contributed by atoms with van der Waals surface area (Å²) in [5.74, 6) is 2.68. The zero-order valence-corrected chi connectivity index (χ0v) is 12.7. The van der Waals surface area contributed by atoms with Crippen LogP contribution in [0.5, 0.6) is 0 Å². The van der Waals surface area contributed by atoms with E-state index in [9.17, 15) is 0 Å². The number of nitrogens with one attached hydrogen (secondary N) is 1. The molecule has 0 spiro atoms. The van der Waals surface area contributed by atoms with Crippen molar-refractivity contribution >= 4 is 39.1 Å². The molecule has 1 fully saturated rings. The fraction of sp³-hybridized carbons (Fsp3) is 0.538. The summed E-state index contributed by atoms with van der Waals surface area (Å²) in [5, 5.41) is 6.89. The third-order valence-corrected chi connectivity index (χ3v) is 5.62. The lowest BCUT2D eigenvalue weighted by molar-refractivity contribution is 0.127. The van der Waals surface area contributed by atoms with Crippen LogP contribution in [0, 0.1) is 0 Å². The Kier molecular flexibility index (Phi) is 3.91. The summed E-state index contributed by atoms with van der Waals surface area (Å²) in [6, 6.07) is 2.07. The molecule has 0 radical (unpaired) electrons. The zero-order chi connectivity index (χ0) is 13.2. The molecule has 0 aromatic carbocycles. The second-order valence-electron chi connectivity index (χ2n) is 4.59. The summed E-state index contributed by atoms with van der Waals surface area (Å²) in [4.78, 5) is 10.3. The summed E-state index contributed by atoms with van der Waals surface area (Å²) in [6.07, 6.45) is 1.48. The van der Waals surface area contributed by atoms with Crippen LogP contribution in [0.1, 0.15) is 19.2 Å². The van der Waals surface area contributed by atoms with E-state index in [-0.39, 0.29) is 0 Å². The van der Waals surface area contributed by atoms with E-state index in [4.69, 9.17) is 4.74 Å². The number of hydrogen-bond acceptors (Lipinski definition) is 6. The van der Waals surface area contributed by atoms with Crippen LogP contribution in [-0.4, -0.2) is 35.0 Å². The van der Waals surface area contributed by atoms with Crippen molar-refractivity contribution in [2.75, 3.05) is 19.0 Å². The van der Waals surface area contributed by atoms with E-state index in [0.29, 0.717) is 11.4 Å². The number of aromatic nitrogens is 2.